The summed E-state index contributed by atoms with van der Waals surface area (Å²) in [5.41, 5.74) is 11.2. The van der Waals surface area contributed by atoms with Crippen LogP contribution in [0.4, 0.5) is 5.69 Å². The predicted octanol–water partition coefficient (Wildman–Crippen LogP) is 11.2. The van der Waals surface area contributed by atoms with Crippen LogP contribution < -0.4 is 26.2 Å². The largest absolute Gasteiger partial charge is 0.381 e. The van der Waals surface area contributed by atoms with Crippen LogP contribution in [0.5, 0.6) is 0 Å². The van der Waals surface area contributed by atoms with E-state index in [1.54, 1.807) is 0 Å². The number of benzene rings is 6. The number of nitrogens with zero attached hydrogens (tertiary/aromatic N) is 2. The summed E-state index contributed by atoms with van der Waals surface area (Å²) in [4.78, 5) is 5.19. The second-order valence-corrected chi connectivity index (χ2v) is 20.9. The summed E-state index contributed by atoms with van der Waals surface area (Å²) < 4.78 is 7.27. The van der Waals surface area contributed by atoms with Crippen molar-refractivity contribution in [1.82, 2.24) is 9.13 Å². The molecule has 0 amide bonds. The molecule has 2 aliphatic heterocycles. The van der Waals surface area contributed by atoms with E-state index in [2.05, 4.69) is 147 Å². The molecule has 0 fully saturated rings. The molecule has 2 aliphatic rings. The molecule has 0 bridgehead atoms. The van der Waals surface area contributed by atoms with Gasteiger partial charge < -0.3 is 30.7 Å². The fraction of sp³-hybridized carbons (Fsp3) is 0.157. The summed E-state index contributed by atoms with van der Waals surface area (Å²) in [7, 11) is 2.09. The van der Waals surface area contributed by atoms with E-state index in [0.29, 0.717) is 12.1 Å². The van der Waals surface area contributed by atoms with Crippen molar-refractivity contribution in [3.8, 4) is 0 Å². The lowest BCUT2D eigenvalue weighted by atomic mass is 10.1. The van der Waals surface area contributed by atoms with Crippen molar-refractivity contribution in [2.75, 3.05) is 11.9 Å². The molecule has 0 radical (unpaired) electrons. The van der Waals surface area contributed by atoms with E-state index < -0.39 is 0 Å². The van der Waals surface area contributed by atoms with Crippen molar-refractivity contribution in [1.29, 1.82) is 16.2 Å². The van der Waals surface area contributed by atoms with Gasteiger partial charge in [-0.05, 0) is 126 Å². The van der Waals surface area contributed by atoms with E-state index in [1.807, 2.05) is 53.1 Å². The van der Waals surface area contributed by atoms with Crippen LogP contribution in [0.15, 0.2) is 117 Å². The number of thioether (sulfide) groups is 4. The van der Waals surface area contributed by atoms with E-state index in [1.165, 1.54) is 106 Å². The SMILES string of the molecule is Cc1cc2c(cc1C)SC(=c1ccc3c4cc/c(=C(/C=N)CNc5cc6c(cc5C)S/C(=c5/ccc7c8ccc(=C(C=N)C=N)cc8n(C)c7c5)S6)cc4n(C(C)C)c3c1)S2. The fourth-order valence-corrected chi connectivity index (χ4v) is 13.9. The third-order valence-corrected chi connectivity index (χ3v) is 17.3. The van der Waals surface area contributed by atoms with Gasteiger partial charge in [-0.25, -0.2) is 0 Å². The van der Waals surface area contributed by atoms with Gasteiger partial charge in [-0.3, -0.25) is 0 Å². The molecule has 10 rings (SSSR count). The first-order valence-corrected chi connectivity index (χ1v) is 23.6. The molecular formula is C51H44N6S4. The summed E-state index contributed by atoms with van der Waals surface area (Å²) in [6.45, 7) is 11.6. The smallest absolute Gasteiger partial charge is 0.0572 e. The first kappa shape index (κ1) is 39.7. The van der Waals surface area contributed by atoms with Gasteiger partial charge in [-0.2, -0.15) is 0 Å². The molecule has 0 spiro atoms. The Morgan fingerprint density at radius 1 is 0.557 bits per heavy atom. The van der Waals surface area contributed by atoms with Crippen LogP contribution in [0.2, 0.25) is 0 Å². The zero-order valence-corrected chi connectivity index (χ0v) is 38.0. The summed E-state index contributed by atoms with van der Waals surface area (Å²) in [6, 6.07) is 36.0. The lowest BCUT2D eigenvalue weighted by Crippen LogP contribution is -2.15. The highest BCUT2D eigenvalue weighted by atomic mass is 32.2. The van der Waals surface area contributed by atoms with Gasteiger partial charge in [0, 0.05) is 113 Å². The number of rotatable bonds is 7. The van der Waals surface area contributed by atoms with E-state index in [4.69, 9.17) is 16.2 Å². The molecular weight excluding hydrogens is 825 g/mol. The van der Waals surface area contributed by atoms with Crippen LogP contribution in [-0.4, -0.2) is 34.3 Å². The van der Waals surface area contributed by atoms with Gasteiger partial charge in [0.2, 0.25) is 0 Å². The summed E-state index contributed by atoms with van der Waals surface area (Å²) in [5, 5.41) is 36.9. The second kappa shape index (κ2) is 15.5. The van der Waals surface area contributed by atoms with Gasteiger partial charge in [-0.15, -0.1) is 0 Å². The highest BCUT2D eigenvalue weighted by Crippen LogP contribution is 2.53. The zero-order valence-electron chi connectivity index (χ0n) is 34.8. The Labute approximate surface area is 371 Å². The van der Waals surface area contributed by atoms with Crippen molar-refractivity contribution >= 4 is 135 Å². The number of hydrogen-bond acceptors (Lipinski definition) is 8. The number of hydrogen-bond donors (Lipinski definition) is 4. The maximum Gasteiger partial charge on any atom is 0.0572 e. The van der Waals surface area contributed by atoms with Crippen LogP contribution in [0, 0.1) is 37.0 Å². The van der Waals surface area contributed by atoms with Crippen molar-refractivity contribution < 1.29 is 0 Å². The predicted molar refractivity (Wildman–Crippen MR) is 268 cm³/mol. The molecule has 2 aromatic heterocycles. The quantitative estimate of drug-likeness (QED) is 0.120. The molecule has 4 heterocycles. The second-order valence-electron chi connectivity index (χ2n) is 16.2. The minimum Gasteiger partial charge on any atom is -0.381 e. The molecule has 0 aliphatic carbocycles. The minimum absolute atomic E-state index is 0.260. The highest BCUT2D eigenvalue weighted by molar-refractivity contribution is 8.32. The third-order valence-electron chi connectivity index (χ3n) is 12.1. The Bertz CT molecular complexity index is 3480. The van der Waals surface area contributed by atoms with E-state index in [9.17, 15) is 0 Å². The minimum atomic E-state index is 0.260. The van der Waals surface area contributed by atoms with Crippen LogP contribution in [0.1, 0.15) is 36.6 Å². The molecule has 0 saturated carbocycles. The summed E-state index contributed by atoms with van der Waals surface area (Å²) in [6.07, 6.45) is 3.98. The first-order chi connectivity index (χ1) is 29.5. The fourth-order valence-electron chi connectivity index (χ4n) is 8.69. The average Bonchev–Trinajstić information content (AvgIpc) is 4.02. The van der Waals surface area contributed by atoms with Crippen LogP contribution in [0.25, 0.3) is 63.2 Å². The molecule has 0 saturated heterocycles. The van der Waals surface area contributed by atoms with Gasteiger partial charge in [-0.1, -0.05) is 95.6 Å². The molecule has 61 heavy (non-hydrogen) atoms. The molecule has 0 atom stereocenters. The number of aryl methyl sites for hydroxylation is 4. The third kappa shape index (κ3) is 6.75. The van der Waals surface area contributed by atoms with E-state index in [-0.39, 0.29) is 6.04 Å². The van der Waals surface area contributed by atoms with Gasteiger partial charge >= 0.3 is 0 Å². The standard InChI is InChI=1S/C51H44N6S4/c1-27(2)57-44-19-32(8-12-39(44)40-14-10-34(21-45(40)57)51-58-46-15-28(3)29(4)16-47(46)59-51)36(25-54)26-55-41-22-49-48(17-30(41)5)60-50(61-49)33-9-13-38-37-11-7-31(35(23-52)24-53)18-42(37)56(6)43(38)20-33/h7-25,27,52-55H,26H2,1-6H3/b35-31?,36-32+,50-33+,52-23?,53-24?,54-25?. The summed E-state index contributed by atoms with van der Waals surface area (Å²) in [5.74, 6) is 0. The van der Waals surface area contributed by atoms with E-state index in [0.717, 1.165) is 32.7 Å². The van der Waals surface area contributed by atoms with Crippen molar-refractivity contribution in [2.45, 2.75) is 60.2 Å². The number of nitrogens with one attached hydrogen (secondary N) is 4. The Morgan fingerprint density at radius 3 is 1.57 bits per heavy atom. The lowest BCUT2D eigenvalue weighted by molar-refractivity contribution is 0.642. The molecule has 10 heteroatoms. The molecule has 4 N–H and O–H groups in total. The van der Waals surface area contributed by atoms with Crippen molar-refractivity contribution in [2.24, 2.45) is 7.05 Å². The molecule has 8 aromatic rings. The Morgan fingerprint density at radius 2 is 1.02 bits per heavy atom. The zero-order chi connectivity index (χ0) is 42.3. The summed E-state index contributed by atoms with van der Waals surface area (Å²) >= 11 is 7.41. The monoisotopic (exact) mass is 868 g/mol. The van der Waals surface area contributed by atoms with Crippen LogP contribution >= 0.6 is 47.0 Å². The van der Waals surface area contributed by atoms with Crippen molar-refractivity contribution in [3.63, 3.8) is 0 Å². The van der Waals surface area contributed by atoms with E-state index >= 15 is 0 Å². The maximum absolute atomic E-state index is 8.53. The number of aromatic nitrogens is 2. The van der Waals surface area contributed by atoms with Crippen molar-refractivity contribution in [3.05, 3.63) is 135 Å². The van der Waals surface area contributed by atoms with Gasteiger partial charge in [0.1, 0.15) is 0 Å². The topological polar surface area (TPSA) is 93.4 Å². The van der Waals surface area contributed by atoms with Gasteiger partial charge in [0.15, 0.2) is 0 Å². The molecule has 6 aromatic carbocycles. The molecule has 0 unspecified atom stereocenters. The number of fused-ring (bicyclic) bond motifs is 8. The van der Waals surface area contributed by atoms with Crippen LogP contribution in [-0.2, 0) is 7.05 Å². The lowest BCUT2D eigenvalue weighted by Gasteiger charge is -2.13. The normalized spacial score (nSPS) is 15.0. The highest BCUT2D eigenvalue weighted by Gasteiger charge is 2.22. The Balaban J connectivity index is 0.955. The molecule has 6 nitrogen and oxygen atoms in total. The Kier molecular flexibility index (Phi) is 10.1. The van der Waals surface area contributed by atoms with Crippen LogP contribution in [0.3, 0.4) is 0 Å². The first-order valence-electron chi connectivity index (χ1n) is 20.3. The number of anilines is 1. The maximum atomic E-state index is 8.53. The molecule has 302 valence electrons. The van der Waals surface area contributed by atoms with Gasteiger partial charge in [0.25, 0.3) is 0 Å². The average molecular weight is 869 g/mol. The Hall–Kier alpha value is -5.39. The van der Waals surface area contributed by atoms with Gasteiger partial charge in [0.05, 0.1) is 8.47 Å².